The number of hydrogen-bond donors (Lipinski definition) is 0. The van der Waals surface area contributed by atoms with Crippen LogP contribution in [0.4, 0.5) is 0 Å². The van der Waals surface area contributed by atoms with Gasteiger partial charge in [-0.2, -0.15) is 0 Å². The molecule has 0 aromatic heterocycles. The van der Waals surface area contributed by atoms with E-state index in [0.29, 0.717) is 6.61 Å². The molecule has 2 nitrogen and oxygen atoms in total. The first-order valence-electron chi connectivity index (χ1n) is 10.5. The van der Waals surface area contributed by atoms with Crippen LogP contribution in [0.5, 0.6) is 0 Å². The fourth-order valence-corrected chi connectivity index (χ4v) is 5.32. The van der Waals surface area contributed by atoms with Crippen LogP contribution in [-0.2, 0) is 9.53 Å². The smallest absolute Gasteiger partial charge is 0.302 e. The molecule has 148 valence electrons. The summed E-state index contributed by atoms with van der Waals surface area (Å²) < 4.78 is 5.07. The van der Waals surface area contributed by atoms with Crippen LogP contribution < -0.4 is 0 Å². The molecule has 0 radical (unpaired) electrons. The Balaban J connectivity index is 4.74. The molecule has 0 aromatic rings. The first kappa shape index (κ1) is 24.7. The van der Waals surface area contributed by atoms with E-state index >= 15 is 0 Å². The van der Waals surface area contributed by atoms with E-state index in [-0.39, 0.29) is 5.97 Å². The summed E-state index contributed by atoms with van der Waals surface area (Å²) in [5.74, 6) is 3.20. The minimum atomic E-state index is -1.45. The van der Waals surface area contributed by atoms with Gasteiger partial charge in [-0.15, -0.1) is 5.54 Å². The predicted molar refractivity (Wildman–Crippen MR) is 117 cm³/mol. The number of rotatable bonds is 13. The van der Waals surface area contributed by atoms with Crippen molar-refractivity contribution < 1.29 is 9.53 Å². The predicted octanol–water partition coefficient (Wildman–Crippen LogP) is 6.83. The molecular weight excluding hydrogens is 336 g/mol. The molecule has 0 aliphatic carbocycles. The number of carbonyl (C=O) groups is 1. The topological polar surface area (TPSA) is 26.3 Å². The third-order valence-corrected chi connectivity index (χ3v) is 9.83. The van der Waals surface area contributed by atoms with Crippen molar-refractivity contribution in [3.8, 4) is 11.5 Å². The minimum absolute atomic E-state index is 0.240. The molecule has 0 saturated carbocycles. The quantitative estimate of drug-likeness (QED) is 0.116. The van der Waals surface area contributed by atoms with Crippen molar-refractivity contribution in [1.29, 1.82) is 0 Å². The van der Waals surface area contributed by atoms with Crippen LogP contribution in [0, 0.1) is 11.5 Å². The maximum absolute atomic E-state index is 11.0. The molecule has 0 aromatic carbocycles. The summed E-state index contributed by atoms with van der Waals surface area (Å²) in [6.45, 7) is 10.8. The van der Waals surface area contributed by atoms with Gasteiger partial charge in [-0.1, -0.05) is 71.5 Å². The molecule has 0 amide bonds. The van der Waals surface area contributed by atoms with Crippen LogP contribution in [0.1, 0.15) is 79.6 Å². The lowest BCUT2D eigenvalue weighted by Crippen LogP contribution is -2.29. The maximum atomic E-state index is 11.0. The molecule has 0 unspecified atom stereocenters. The van der Waals surface area contributed by atoms with Crippen molar-refractivity contribution in [3.63, 3.8) is 0 Å². The van der Waals surface area contributed by atoms with Crippen LogP contribution in [0.15, 0.2) is 23.8 Å². The van der Waals surface area contributed by atoms with Crippen molar-refractivity contribution in [2.75, 3.05) is 6.61 Å². The zero-order valence-electron chi connectivity index (χ0n) is 17.8. The molecule has 0 fully saturated rings. The van der Waals surface area contributed by atoms with Crippen molar-refractivity contribution in [3.05, 3.63) is 23.8 Å². The number of carbonyl (C=O) groups excluding carboxylic acids is 1. The zero-order valence-corrected chi connectivity index (χ0v) is 18.8. The first-order valence-corrected chi connectivity index (χ1v) is 13.2. The molecule has 0 N–H and O–H groups in total. The van der Waals surface area contributed by atoms with Gasteiger partial charge in [-0.05, 0) is 43.5 Å². The number of ether oxygens (including phenoxy) is 1. The average Bonchev–Trinajstić information content (AvgIpc) is 2.64. The van der Waals surface area contributed by atoms with E-state index in [4.69, 9.17) is 4.74 Å². The highest BCUT2D eigenvalue weighted by Gasteiger charge is 2.24. The Bertz CT molecular complexity index is 482. The van der Waals surface area contributed by atoms with E-state index in [0.717, 1.165) is 18.4 Å². The highest BCUT2D eigenvalue weighted by Crippen LogP contribution is 2.19. The maximum Gasteiger partial charge on any atom is 0.302 e. The summed E-state index contributed by atoms with van der Waals surface area (Å²) in [7, 11) is -1.45. The number of hydrogen-bond acceptors (Lipinski definition) is 2. The molecule has 0 aliphatic heterocycles. The molecule has 0 rings (SSSR count). The lowest BCUT2D eigenvalue weighted by atomic mass is 10.1. The largest absolute Gasteiger partial charge is 0.462 e. The Morgan fingerprint density at radius 3 is 2.19 bits per heavy atom. The summed E-state index contributed by atoms with van der Waals surface area (Å²) in [6.07, 6.45) is 15.0. The molecule has 26 heavy (non-hydrogen) atoms. The second kappa shape index (κ2) is 15.9. The van der Waals surface area contributed by atoms with E-state index in [1.54, 1.807) is 0 Å². The third-order valence-electron chi connectivity index (χ3n) is 5.11. The van der Waals surface area contributed by atoms with Gasteiger partial charge in [0, 0.05) is 12.5 Å². The monoisotopic (exact) mass is 376 g/mol. The summed E-state index contributed by atoms with van der Waals surface area (Å²) in [5.41, 5.74) is 4.73. The van der Waals surface area contributed by atoms with Crippen molar-refractivity contribution >= 4 is 14.0 Å². The van der Waals surface area contributed by atoms with E-state index in [1.807, 2.05) is 6.08 Å². The normalized spacial score (nSPS) is 12.1. The Kier molecular flexibility index (Phi) is 15.2. The van der Waals surface area contributed by atoms with Crippen molar-refractivity contribution in [2.24, 2.45) is 0 Å². The lowest BCUT2D eigenvalue weighted by Gasteiger charge is -2.20. The second-order valence-corrected chi connectivity index (χ2v) is 11.9. The summed E-state index contributed by atoms with van der Waals surface area (Å²) >= 11 is 0. The van der Waals surface area contributed by atoms with Gasteiger partial charge in [-0.3, -0.25) is 4.79 Å². The highest BCUT2D eigenvalue weighted by atomic mass is 28.3. The van der Waals surface area contributed by atoms with E-state index in [9.17, 15) is 4.79 Å². The number of unbranched alkanes of at least 4 members (excludes halogenated alkanes) is 5. The molecule has 0 spiro atoms. The van der Waals surface area contributed by atoms with Crippen LogP contribution in [0.2, 0.25) is 18.1 Å². The van der Waals surface area contributed by atoms with E-state index in [2.05, 4.69) is 51.3 Å². The van der Waals surface area contributed by atoms with Gasteiger partial charge in [-0.25, -0.2) is 0 Å². The molecular formula is C23H40O2Si. The van der Waals surface area contributed by atoms with Gasteiger partial charge in [0.05, 0.1) is 0 Å². The molecule has 0 atom stereocenters. The Labute approximate surface area is 163 Å². The standard InChI is InChI=1S/C23H40O2Si/c1-6-10-11-12-13-14-15-16-17-23(18-20-25-22(5)24)19-21-26(7-2,8-3)9-4/h15-16,18H,6-14,17,20H2,1-5H3/b16-15+,23-18-. The Morgan fingerprint density at radius 1 is 0.962 bits per heavy atom. The summed E-state index contributed by atoms with van der Waals surface area (Å²) in [4.78, 5) is 11.0. The van der Waals surface area contributed by atoms with Gasteiger partial charge in [0.2, 0.25) is 0 Å². The Hall–Kier alpha value is -1.27. The fourth-order valence-electron chi connectivity index (χ4n) is 2.87. The van der Waals surface area contributed by atoms with Gasteiger partial charge >= 0.3 is 5.97 Å². The third kappa shape index (κ3) is 12.1. The molecule has 3 heteroatoms. The molecule has 0 aliphatic rings. The second-order valence-electron chi connectivity index (χ2n) is 7.00. The SMILES string of the molecule is CCCCCCC/C=C/C/C(C#C[Si](CC)(CC)CC)=C/COC(C)=O. The van der Waals surface area contributed by atoms with Crippen LogP contribution >= 0.6 is 0 Å². The van der Waals surface area contributed by atoms with E-state index in [1.165, 1.54) is 57.2 Å². The highest BCUT2D eigenvalue weighted by molar-refractivity contribution is 6.87. The zero-order chi connectivity index (χ0) is 19.7. The fraction of sp³-hybridized carbons (Fsp3) is 0.696. The van der Waals surface area contributed by atoms with Gasteiger partial charge in [0.1, 0.15) is 14.7 Å². The molecule has 0 saturated heterocycles. The number of allylic oxidation sites excluding steroid dienone is 3. The van der Waals surface area contributed by atoms with Gasteiger partial charge in [0.15, 0.2) is 0 Å². The van der Waals surface area contributed by atoms with Gasteiger partial charge < -0.3 is 4.74 Å². The van der Waals surface area contributed by atoms with Gasteiger partial charge in [0.25, 0.3) is 0 Å². The molecule has 0 heterocycles. The Morgan fingerprint density at radius 2 is 1.62 bits per heavy atom. The minimum Gasteiger partial charge on any atom is -0.462 e. The number of esters is 1. The van der Waals surface area contributed by atoms with E-state index < -0.39 is 8.07 Å². The van der Waals surface area contributed by atoms with Crippen LogP contribution in [-0.4, -0.2) is 20.7 Å². The van der Waals surface area contributed by atoms with Crippen molar-refractivity contribution in [2.45, 2.75) is 97.7 Å². The van der Waals surface area contributed by atoms with Crippen LogP contribution in [0.3, 0.4) is 0 Å². The lowest BCUT2D eigenvalue weighted by molar-refractivity contribution is -0.139. The average molecular weight is 377 g/mol. The van der Waals surface area contributed by atoms with Crippen LogP contribution in [0.25, 0.3) is 0 Å². The first-order chi connectivity index (χ1) is 12.5. The summed E-state index contributed by atoms with van der Waals surface area (Å²) in [6, 6.07) is 3.62. The molecule has 0 bridgehead atoms. The van der Waals surface area contributed by atoms with Crippen molar-refractivity contribution in [1.82, 2.24) is 0 Å². The summed E-state index contributed by atoms with van der Waals surface area (Å²) in [5, 5.41) is 0.